The summed E-state index contributed by atoms with van der Waals surface area (Å²) < 4.78 is 21.8. The summed E-state index contributed by atoms with van der Waals surface area (Å²) in [6, 6.07) is 10.0. The van der Waals surface area contributed by atoms with E-state index in [1.165, 1.54) is 5.56 Å². The van der Waals surface area contributed by atoms with Gasteiger partial charge < -0.3 is 24.4 Å². The van der Waals surface area contributed by atoms with E-state index in [1.807, 2.05) is 36.4 Å². The first-order valence-corrected chi connectivity index (χ1v) is 8.84. The predicted octanol–water partition coefficient (Wildman–Crippen LogP) is 3.38. The van der Waals surface area contributed by atoms with Gasteiger partial charge in [0.05, 0.1) is 19.9 Å². The SMILES string of the molecule is COc1ccc(C=CC2=NNC(C)Cc3cc4c(cc32)OCO4)c(OC)c1. The van der Waals surface area contributed by atoms with Crippen molar-refractivity contribution in [2.75, 3.05) is 21.0 Å². The van der Waals surface area contributed by atoms with Crippen molar-refractivity contribution >= 4 is 11.8 Å². The first-order chi connectivity index (χ1) is 13.2. The Morgan fingerprint density at radius 1 is 1.07 bits per heavy atom. The van der Waals surface area contributed by atoms with E-state index in [2.05, 4.69) is 23.5 Å². The molecule has 2 aromatic rings. The van der Waals surface area contributed by atoms with Crippen LogP contribution in [-0.4, -0.2) is 32.8 Å². The molecule has 0 bridgehead atoms. The lowest BCUT2D eigenvalue weighted by Gasteiger charge is -2.10. The molecule has 4 rings (SSSR count). The van der Waals surface area contributed by atoms with Gasteiger partial charge in [-0.25, -0.2) is 0 Å². The summed E-state index contributed by atoms with van der Waals surface area (Å²) >= 11 is 0. The van der Waals surface area contributed by atoms with E-state index in [0.717, 1.165) is 46.3 Å². The third-order valence-electron chi connectivity index (χ3n) is 4.67. The second kappa shape index (κ2) is 7.23. The standard InChI is InChI=1S/C21H22N2O4/c1-13-8-15-9-20-21(27-12-26-20)11-17(15)18(23-22-13)7-5-14-4-6-16(24-2)10-19(14)25-3/h4-7,9-11,13,22H,8,12H2,1-3H3. The topological polar surface area (TPSA) is 61.3 Å². The number of nitrogens with zero attached hydrogens (tertiary/aromatic N) is 1. The molecule has 140 valence electrons. The molecule has 0 saturated carbocycles. The molecule has 2 aliphatic heterocycles. The molecule has 27 heavy (non-hydrogen) atoms. The maximum Gasteiger partial charge on any atom is 0.231 e. The Labute approximate surface area is 158 Å². The van der Waals surface area contributed by atoms with Gasteiger partial charge in [-0.2, -0.15) is 5.10 Å². The zero-order valence-corrected chi connectivity index (χ0v) is 15.6. The van der Waals surface area contributed by atoms with Gasteiger partial charge >= 0.3 is 0 Å². The Morgan fingerprint density at radius 2 is 1.89 bits per heavy atom. The number of hydrazone groups is 1. The van der Waals surface area contributed by atoms with Crippen LogP contribution in [0.2, 0.25) is 0 Å². The van der Waals surface area contributed by atoms with E-state index in [4.69, 9.17) is 18.9 Å². The molecule has 0 saturated heterocycles. The average molecular weight is 366 g/mol. The zero-order chi connectivity index (χ0) is 18.8. The van der Waals surface area contributed by atoms with Crippen molar-refractivity contribution in [1.29, 1.82) is 0 Å². The lowest BCUT2D eigenvalue weighted by Crippen LogP contribution is -2.21. The van der Waals surface area contributed by atoms with Crippen molar-refractivity contribution in [3.63, 3.8) is 0 Å². The Bertz CT molecular complexity index is 921. The first kappa shape index (κ1) is 17.3. The van der Waals surface area contributed by atoms with E-state index in [0.29, 0.717) is 0 Å². The fourth-order valence-corrected chi connectivity index (χ4v) is 3.26. The summed E-state index contributed by atoms with van der Waals surface area (Å²) in [6.07, 6.45) is 4.83. The molecule has 6 nitrogen and oxygen atoms in total. The van der Waals surface area contributed by atoms with Crippen molar-refractivity contribution in [3.05, 3.63) is 53.1 Å². The van der Waals surface area contributed by atoms with Gasteiger partial charge in [-0.15, -0.1) is 0 Å². The fraction of sp³-hybridized carbons (Fsp3) is 0.286. The number of fused-ring (bicyclic) bond motifs is 2. The van der Waals surface area contributed by atoms with Crippen LogP contribution in [0.4, 0.5) is 0 Å². The normalized spacial score (nSPS) is 17.7. The van der Waals surface area contributed by atoms with Crippen molar-refractivity contribution in [3.8, 4) is 23.0 Å². The molecule has 0 spiro atoms. The minimum atomic E-state index is 0.227. The Hall–Kier alpha value is -3.15. The van der Waals surface area contributed by atoms with Crippen LogP contribution in [0.15, 0.2) is 41.5 Å². The fourth-order valence-electron chi connectivity index (χ4n) is 3.26. The molecule has 1 atom stereocenters. The average Bonchev–Trinajstić information content (AvgIpc) is 3.08. The summed E-state index contributed by atoms with van der Waals surface area (Å²) in [7, 11) is 3.28. The molecular formula is C21H22N2O4. The number of allylic oxidation sites excluding steroid dienone is 1. The molecule has 2 aliphatic rings. The number of rotatable bonds is 4. The van der Waals surface area contributed by atoms with Gasteiger partial charge in [0.1, 0.15) is 11.5 Å². The smallest absolute Gasteiger partial charge is 0.231 e. The first-order valence-electron chi connectivity index (χ1n) is 8.84. The van der Waals surface area contributed by atoms with Crippen LogP contribution in [-0.2, 0) is 6.42 Å². The minimum Gasteiger partial charge on any atom is -0.497 e. The molecule has 2 aromatic carbocycles. The highest BCUT2D eigenvalue weighted by Crippen LogP contribution is 2.36. The van der Waals surface area contributed by atoms with Crippen molar-refractivity contribution in [2.24, 2.45) is 5.10 Å². The summed E-state index contributed by atoms with van der Waals surface area (Å²) in [4.78, 5) is 0. The highest BCUT2D eigenvalue weighted by Gasteiger charge is 2.22. The molecule has 6 heteroatoms. The number of ether oxygens (including phenoxy) is 4. The molecule has 1 N–H and O–H groups in total. The highest BCUT2D eigenvalue weighted by atomic mass is 16.7. The Balaban J connectivity index is 1.71. The van der Waals surface area contributed by atoms with E-state index in [9.17, 15) is 0 Å². The van der Waals surface area contributed by atoms with Crippen LogP contribution in [0.25, 0.3) is 6.08 Å². The molecule has 0 amide bonds. The van der Waals surface area contributed by atoms with E-state index in [1.54, 1.807) is 14.2 Å². The molecule has 2 heterocycles. The van der Waals surface area contributed by atoms with E-state index >= 15 is 0 Å². The van der Waals surface area contributed by atoms with Crippen LogP contribution in [0.5, 0.6) is 23.0 Å². The number of hydrogen-bond acceptors (Lipinski definition) is 6. The molecule has 0 fully saturated rings. The second-order valence-corrected chi connectivity index (χ2v) is 6.54. The van der Waals surface area contributed by atoms with Gasteiger partial charge in [-0.1, -0.05) is 0 Å². The third kappa shape index (κ3) is 3.43. The van der Waals surface area contributed by atoms with E-state index in [-0.39, 0.29) is 12.8 Å². The van der Waals surface area contributed by atoms with Crippen molar-refractivity contribution in [2.45, 2.75) is 19.4 Å². The molecule has 1 unspecified atom stereocenters. The molecule has 0 radical (unpaired) electrons. The monoisotopic (exact) mass is 366 g/mol. The summed E-state index contributed by atoms with van der Waals surface area (Å²) in [5.74, 6) is 3.05. The lowest BCUT2D eigenvalue weighted by atomic mass is 9.97. The number of methoxy groups -OCH3 is 2. The van der Waals surface area contributed by atoms with Crippen LogP contribution in [0.3, 0.4) is 0 Å². The molecule has 0 aromatic heterocycles. The van der Waals surface area contributed by atoms with Crippen LogP contribution >= 0.6 is 0 Å². The van der Waals surface area contributed by atoms with Crippen molar-refractivity contribution < 1.29 is 18.9 Å². The maximum atomic E-state index is 5.55. The van der Waals surface area contributed by atoms with Gasteiger partial charge in [0.15, 0.2) is 11.5 Å². The van der Waals surface area contributed by atoms with Gasteiger partial charge in [-0.3, -0.25) is 0 Å². The van der Waals surface area contributed by atoms with Gasteiger partial charge in [-0.05, 0) is 55.3 Å². The van der Waals surface area contributed by atoms with E-state index < -0.39 is 0 Å². The number of hydrogen-bond donors (Lipinski definition) is 1. The lowest BCUT2D eigenvalue weighted by molar-refractivity contribution is 0.174. The van der Waals surface area contributed by atoms with Crippen LogP contribution in [0.1, 0.15) is 23.6 Å². The number of nitrogens with one attached hydrogen (secondary N) is 1. The summed E-state index contributed by atoms with van der Waals surface area (Å²) in [5.41, 5.74) is 7.21. The third-order valence-corrected chi connectivity index (χ3v) is 4.67. The van der Waals surface area contributed by atoms with Gasteiger partial charge in [0, 0.05) is 23.2 Å². The molecule has 0 aliphatic carbocycles. The maximum absolute atomic E-state index is 5.55. The number of benzene rings is 2. The zero-order valence-electron chi connectivity index (χ0n) is 15.6. The van der Waals surface area contributed by atoms with Gasteiger partial charge in [0.2, 0.25) is 6.79 Å². The molecular weight excluding hydrogens is 344 g/mol. The summed E-state index contributed by atoms with van der Waals surface area (Å²) in [6.45, 7) is 2.37. The largest absolute Gasteiger partial charge is 0.497 e. The second-order valence-electron chi connectivity index (χ2n) is 6.54. The highest BCUT2D eigenvalue weighted by molar-refractivity contribution is 6.12. The Morgan fingerprint density at radius 3 is 2.67 bits per heavy atom. The predicted molar refractivity (Wildman–Crippen MR) is 104 cm³/mol. The van der Waals surface area contributed by atoms with Crippen molar-refractivity contribution in [1.82, 2.24) is 5.43 Å². The minimum absolute atomic E-state index is 0.227. The van der Waals surface area contributed by atoms with Gasteiger partial charge in [0.25, 0.3) is 0 Å². The quantitative estimate of drug-likeness (QED) is 0.899. The van der Waals surface area contributed by atoms with Crippen LogP contribution < -0.4 is 24.4 Å². The van der Waals surface area contributed by atoms with Crippen LogP contribution in [0, 0.1) is 0 Å². The summed E-state index contributed by atoms with van der Waals surface area (Å²) in [5, 5.41) is 4.59. The Kier molecular flexibility index (Phi) is 4.62.